The molecule has 0 N–H and O–H groups in total. The van der Waals surface area contributed by atoms with Gasteiger partial charge in [0.05, 0.1) is 23.6 Å². The van der Waals surface area contributed by atoms with Crippen LogP contribution in [0.4, 0.5) is 10.1 Å². The molecule has 0 radical (unpaired) electrons. The summed E-state index contributed by atoms with van der Waals surface area (Å²) in [6, 6.07) is 17.6. The number of Topliss-reactive ketones (excluding diaryl/α,β-unsaturated/α-hetero) is 2. The topological polar surface area (TPSA) is 80.8 Å². The van der Waals surface area contributed by atoms with Gasteiger partial charge in [-0.1, -0.05) is 48.0 Å². The number of carbonyl (C=O) groups excluding carboxylic acids is 4. The highest BCUT2D eigenvalue weighted by Crippen LogP contribution is 2.57. The molecule has 1 spiro atoms. The molecular formula is C26H15ClFNO5. The van der Waals surface area contributed by atoms with E-state index in [0.29, 0.717) is 10.6 Å². The van der Waals surface area contributed by atoms with E-state index in [1.54, 1.807) is 36.4 Å². The van der Waals surface area contributed by atoms with Crippen LogP contribution in [0.2, 0.25) is 5.02 Å². The standard InChI is InChI=1S/C26H15ClFNO5/c27-14-7-5-13(6-8-14)21-19-20(25(33)29(24(19)32)16-11-9-15(28)10-12-16)26(34-21)22(30)17-3-1-2-4-18(17)23(26)31/h1-12,19-21H. The fourth-order valence-electron chi connectivity index (χ4n) is 5.32. The molecule has 3 aliphatic rings. The predicted octanol–water partition coefficient (Wildman–Crippen LogP) is 4.17. The first-order valence-corrected chi connectivity index (χ1v) is 11.0. The first-order valence-electron chi connectivity index (χ1n) is 10.6. The number of rotatable bonds is 2. The number of halogens is 2. The highest BCUT2D eigenvalue weighted by atomic mass is 35.5. The van der Waals surface area contributed by atoms with Crippen LogP contribution in [-0.2, 0) is 14.3 Å². The minimum absolute atomic E-state index is 0.156. The molecule has 168 valence electrons. The molecule has 2 heterocycles. The molecule has 3 unspecified atom stereocenters. The predicted molar refractivity (Wildman–Crippen MR) is 119 cm³/mol. The third-order valence-electron chi connectivity index (χ3n) is 6.80. The molecule has 2 amide bonds. The van der Waals surface area contributed by atoms with E-state index in [-0.39, 0.29) is 16.8 Å². The maximum atomic E-state index is 13.7. The summed E-state index contributed by atoms with van der Waals surface area (Å²) in [5.74, 6) is -5.64. The van der Waals surface area contributed by atoms with Gasteiger partial charge in [0.15, 0.2) is 0 Å². The van der Waals surface area contributed by atoms with E-state index < -0.39 is 52.7 Å². The number of hydrogen-bond acceptors (Lipinski definition) is 5. The lowest BCUT2D eigenvalue weighted by atomic mass is 9.77. The lowest BCUT2D eigenvalue weighted by molar-refractivity contribution is -0.127. The van der Waals surface area contributed by atoms with Gasteiger partial charge in [-0.25, -0.2) is 9.29 Å². The van der Waals surface area contributed by atoms with E-state index in [1.165, 1.54) is 24.3 Å². The fraction of sp³-hybridized carbons (Fsp3) is 0.154. The second-order valence-corrected chi connectivity index (χ2v) is 8.96. The van der Waals surface area contributed by atoms with Crippen LogP contribution < -0.4 is 4.90 Å². The summed E-state index contributed by atoms with van der Waals surface area (Å²) < 4.78 is 19.7. The number of fused-ring (bicyclic) bond motifs is 3. The Hall–Kier alpha value is -3.68. The Morgan fingerprint density at radius 2 is 1.38 bits per heavy atom. The average molecular weight is 476 g/mol. The van der Waals surface area contributed by atoms with E-state index in [0.717, 1.165) is 17.0 Å². The van der Waals surface area contributed by atoms with Crippen LogP contribution in [-0.4, -0.2) is 29.0 Å². The lowest BCUT2D eigenvalue weighted by Crippen LogP contribution is -2.51. The number of benzene rings is 3. The van der Waals surface area contributed by atoms with Crippen LogP contribution in [0.1, 0.15) is 32.4 Å². The highest BCUT2D eigenvalue weighted by Gasteiger charge is 2.74. The lowest BCUT2D eigenvalue weighted by Gasteiger charge is -2.27. The van der Waals surface area contributed by atoms with Crippen molar-refractivity contribution in [1.82, 2.24) is 0 Å². The molecular weight excluding hydrogens is 461 g/mol. The van der Waals surface area contributed by atoms with Crippen molar-refractivity contribution in [3.05, 3.63) is 100 Å². The van der Waals surface area contributed by atoms with Gasteiger partial charge in [-0.3, -0.25) is 19.2 Å². The molecule has 1 aliphatic carbocycles. The Morgan fingerprint density at radius 1 is 0.794 bits per heavy atom. The van der Waals surface area contributed by atoms with E-state index in [1.807, 2.05) is 0 Å². The van der Waals surface area contributed by atoms with Crippen LogP contribution >= 0.6 is 11.6 Å². The van der Waals surface area contributed by atoms with Crippen LogP contribution in [0, 0.1) is 17.7 Å². The number of carbonyl (C=O) groups is 4. The van der Waals surface area contributed by atoms with Gasteiger partial charge in [0, 0.05) is 16.1 Å². The maximum Gasteiger partial charge on any atom is 0.241 e. The second kappa shape index (κ2) is 7.16. The number of ketones is 2. The van der Waals surface area contributed by atoms with Crippen molar-refractivity contribution in [2.24, 2.45) is 11.8 Å². The number of imide groups is 1. The second-order valence-electron chi connectivity index (χ2n) is 8.52. The Kier molecular flexibility index (Phi) is 4.40. The molecule has 0 bridgehead atoms. The Morgan fingerprint density at radius 3 is 1.97 bits per heavy atom. The average Bonchev–Trinajstić information content (AvgIpc) is 3.40. The number of ether oxygens (including phenoxy) is 1. The van der Waals surface area contributed by atoms with Gasteiger partial charge in [-0.2, -0.15) is 0 Å². The summed E-state index contributed by atoms with van der Waals surface area (Å²) in [4.78, 5) is 55.6. The van der Waals surface area contributed by atoms with Crippen molar-refractivity contribution in [3.8, 4) is 0 Å². The van der Waals surface area contributed by atoms with Crippen LogP contribution in [0.15, 0.2) is 72.8 Å². The first-order chi connectivity index (χ1) is 16.3. The van der Waals surface area contributed by atoms with Crippen LogP contribution in [0.5, 0.6) is 0 Å². The number of hydrogen-bond donors (Lipinski definition) is 0. The Balaban J connectivity index is 1.54. The largest absolute Gasteiger partial charge is 0.349 e. The number of anilines is 1. The van der Waals surface area contributed by atoms with Crippen molar-refractivity contribution in [2.75, 3.05) is 4.90 Å². The van der Waals surface area contributed by atoms with E-state index in [2.05, 4.69) is 0 Å². The minimum Gasteiger partial charge on any atom is -0.349 e. The molecule has 3 aromatic rings. The van der Waals surface area contributed by atoms with Crippen molar-refractivity contribution in [2.45, 2.75) is 11.7 Å². The van der Waals surface area contributed by atoms with Gasteiger partial charge >= 0.3 is 0 Å². The number of amides is 2. The van der Waals surface area contributed by atoms with E-state index >= 15 is 0 Å². The van der Waals surface area contributed by atoms with Gasteiger partial charge in [0.1, 0.15) is 5.82 Å². The molecule has 0 saturated carbocycles. The summed E-state index contributed by atoms with van der Waals surface area (Å²) in [7, 11) is 0. The van der Waals surface area contributed by atoms with Gasteiger partial charge in [-0.05, 0) is 42.0 Å². The zero-order valence-electron chi connectivity index (χ0n) is 17.4. The maximum absolute atomic E-state index is 13.7. The molecule has 2 aliphatic heterocycles. The minimum atomic E-state index is -2.15. The third-order valence-corrected chi connectivity index (χ3v) is 7.05. The van der Waals surface area contributed by atoms with Crippen LogP contribution in [0.3, 0.4) is 0 Å². The van der Waals surface area contributed by atoms with Gasteiger partial charge < -0.3 is 4.74 Å². The Bertz CT molecular complexity index is 1370. The molecule has 34 heavy (non-hydrogen) atoms. The van der Waals surface area contributed by atoms with Crippen molar-refractivity contribution in [1.29, 1.82) is 0 Å². The number of nitrogens with zero attached hydrogens (tertiary/aromatic N) is 1. The molecule has 2 saturated heterocycles. The zero-order valence-corrected chi connectivity index (χ0v) is 18.2. The highest BCUT2D eigenvalue weighted by molar-refractivity contribution is 6.37. The molecule has 2 fully saturated rings. The molecule has 6 nitrogen and oxygen atoms in total. The van der Waals surface area contributed by atoms with E-state index in [4.69, 9.17) is 16.3 Å². The Labute approximate surface area is 197 Å². The third kappa shape index (κ3) is 2.59. The summed E-state index contributed by atoms with van der Waals surface area (Å²) in [5.41, 5.74) is -1.17. The summed E-state index contributed by atoms with van der Waals surface area (Å²) >= 11 is 6.02. The van der Waals surface area contributed by atoms with Gasteiger partial charge in [0.2, 0.25) is 29.0 Å². The van der Waals surface area contributed by atoms with E-state index in [9.17, 15) is 23.6 Å². The first kappa shape index (κ1) is 20.9. The monoisotopic (exact) mass is 475 g/mol. The van der Waals surface area contributed by atoms with Crippen molar-refractivity contribution in [3.63, 3.8) is 0 Å². The van der Waals surface area contributed by atoms with Crippen molar-refractivity contribution >= 4 is 40.7 Å². The smallest absolute Gasteiger partial charge is 0.241 e. The summed E-state index contributed by atoms with van der Waals surface area (Å²) in [6.07, 6.45) is -1.04. The van der Waals surface area contributed by atoms with Crippen molar-refractivity contribution < 1.29 is 28.3 Å². The molecule has 3 atom stereocenters. The quantitative estimate of drug-likeness (QED) is 0.410. The van der Waals surface area contributed by atoms with Gasteiger partial charge in [0.25, 0.3) is 0 Å². The molecule has 8 heteroatoms. The molecule has 6 rings (SSSR count). The zero-order chi connectivity index (χ0) is 23.8. The van der Waals surface area contributed by atoms with Gasteiger partial charge in [-0.15, -0.1) is 0 Å². The summed E-state index contributed by atoms with van der Waals surface area (Å²) in [5, 5.41) is 0.454. The fourth-order valence-corrected chi connectivity index (χ4v) is 5.44. The SMILES string of the molecule is O=C1C2C(c3ccc(Cl)cc3)OC3(C(=O)c4ccccc4C3=O)C2C(=O)N1c1ccc(F)cc1. The van der Waals surface area contributed by atoms with Crippen LogP contribution in [0.25, 0.3) is 0 Å². The molecule has 0 aromatic heterocycles. The molecule has 3 aromatic carbocycles. The normalized spacial score (nSPS) is 24.8. The summed E-state index contributed by atoms with van der Waals surface area (Å²) in [6.45, 7) is 0.